The Morgan fingerprint density at radius 2 is 1.81 bits per heavy atom. The fraction of sp³-hybridized carbons (Fsp3) is 0.846. The number of halogens is 3. The second-order valence-electron chi connectivity index (χ2n) is 5.30. The number of likely N-dealkylation sites (tertiary alicyclic amines) is 1. The van der Waals surface area contributed by atoms with Gasteiger partial charge in [0.25, 0.3) is 0 Å². The Morgan fingerprint density at radius 3 is 2.33 bits per heavy atom. The van der Waals surface area contributed by atoms with Crippen molar-refractivity contribution in [2.45, 2.75) is 57.8 Å². The minimum absolute atomic E-state index is 0.0362. The summed E-state index contributed by atoms with van der Waals surface area (Å²) in [5, 5.41) is 2.15. The van der Waals surface area contributed by atoms with E-state index < -0.39 is 18.9 Å². The number of hydrogen-bond donors (Lipinski definition) is 1. The molecule has 5 nitrogen and oxygen atoms in total. The standard InChI is InChI=1S/C13H21F3N2O3/c1-9-4-3-5-10(2)18(9)11(19)6-7-17-12(20)21-8-13(14,15)16/h9-10H,3-8H2,1-2H3,(H,17,20). The number of rotatable bonds is 4. The first-order chi connectivity index (χ1) is 9.70. The molecule has 2 unspecified atom stereocenters. The van der Waals surface area contributed by atoms with Crippen molar-refractivity contribution in [3.05, 3.63) is 0 Å². The Balaban J connectivity index is 2.28. The predicted molar refractivity (Wildman–Crippen MR) is 69.6 cm³/mol. The first kappa shape index (κ1) is 17.6. The maximum atomic E-state index is 12.1. The highest BCUT2D eigenvalue weighted by molar-refractivity contribution is 5.78. The maximum Gasteiger partial charge on any atom is 0.422 e. The zero-order valence-corrected chi connectivity index (χ0v) is 12.2. The number of ether oxygens (including phenoxy) is 1. The highest BCUT2D eigenvalue weighted by Crippen LogP contribution is 2.23. The Kier molecular flexibility index (Phi) is 6.29. The van der Waals surface area contributed by atoms with Gasteiger partial charge in [-0.25, -0.2) is 4.79 Å². The summed E-state index contributed by atoms with van der Waals surface area (Å²) in [6.07, 6.45) is -2.70. The van der Waals surface area contributed by atoms with Crippen LogP contribution in [0.5, 0.6) is 0 Å². The summed E-state index contributed by atoms with van der Waals surface area (Å²) < 4.78 is 39.5. The average molecular weight is 310 g/mol. The van der Waals surface area contributed by atoms with Crippen molar-refractivity contribution >= 4 is 12.0 Å². The van der Waals surface area contributed by atoms with Crippen molar-refractivity contribution in [3.63, 3.8) is 0 Å². The van der Waals surface area contributed by atoms with E-state index in [0.717, 1.165) is 19.3 Å². The van der Waals surface area contributed by atoms with E-state index in [4.69, 9.17) is 0 Å². The van der Waals surface area contributed by atoms with Gasteiger partial charge in [0, 0.05) is 25.0 Å². The van der Waals surface area contributed by atoms with Crippen LogP contribution in [0.25, 0.3) is 0 Å². The summed E-state index contributed by atoms with van der Waals surface area (Å²) in [5.41, 5.74) is 0. The summed E-state index contributed by atoms with van der Waals surface area (Å²) in [5.74, 6) is -0.106. The molecule has 2 atom stereocenters. The van der Waals surface area contributed by atoms with Gasteiger partial charge < -0.3 is 15.0 Å². The number of alkyl carbamates (subject to hydrolysis) is 1. The lowest BCUT2D eigenvalue weighted by Crippen LogP contribution is -2.48. The van der Waals surface area contributed by atoms with Crippen LogP contribution in [0, 0.1) is 0 Å². The van der Waals surface area contributed by atoms with Gasteiger partial charge in [0.05, 0.1) is 0 Å². The van der Waals surface area contributed by atoms with Crippen LogP contribution < -0.4 is 5.32 Å². The molecule has 0 saturated carbocycles. The van der Waals surface area contributed by atoms with Crippen LogP contribution in [-0.4, -0.2) is 48.3 Å². The second kappa shape index (κ2) is 7.51. The minimum Gasteiger partial charge on any atom is -0.440 e. The molecular weight excluding hydrogens is 289 g/mol. The summed E-state index contributed by atoms with van der Waals surface area (Å²) in [4.78, 5) is 24.9. The summed E-state index contributed by atoms with van der Waals surface area (Å²) in [6, 6.07) is 0.303. The third kappa shape index (κ3) is 6.22. The lowest BCUT2D eigenvalue weighted by molar-refractivity contribution is -0.160. The lowest BCUT2D eigenvalue weighted by atomic mass is 9.97. The molecule has 8 heteroatoms. The normalized spacial score (nSPS) is 22.8. The highest BCUT2D eigenvalue weighted by atomic mass is 19.4. The molecule has 0 aromatic rings. The number of nitrogens with zero attached hydrogens (tertiary/aromatic N) is 1. The molecular formula is C13H21F3N2O3. The number of hydrogen-bond acceptors (Lipinski definition) is 3. The molecule has 0 bridgehead atoms. The van der Waals surface area contributed by atoms with Crippen molar-refractivity contribution in [3.8, 4) is 0 Å². The predicted octanol–water partition coefficient (Wildman–Crippen LogP) is 2.45. The van der Waals surface area contributed by atoms with Gasteiger partial charge in [-0.1, -0.05) is 0 Å². The molecule has 1 fully saturated rings. The van der Waals surface area contributed by atoms with Crippen LogP contribution in [0.15, 0.2) is 0 Å². The third-order valence-corrected chi connectivity index (χ3v) is 3.46. The zero-order chi connectivity index (χ0) is 16.0. The summed E-state index contributed by atoms with van der Waals surface area (Å²) in [6.45, 7) is 2.27. The van der Waals surface area contributed by atoms with E-state index in [-0.39, 0.29) is 31.0 Å². The van der Waals surface area contributed by atoms with E-state index >= 15 is 0 Å². The first-order valence-electron chi connectivity index (χ1n) is 6.99. The van der Waals surface area contributed by atoms with Crippen LogP contribution in [0.2, 0.25) is 0 Å². The Bertz CT molecular complexity index is 364. The average Bonchev–Trinajstić information content (AvgIpc) is 2.35. The van der Waals surface area contributed by atoms with E-state index in [1.807, 2.05) is 13.8 Å². The fourth-order valence-corrected chi connectivity index (χ4v) is 2.51. The monoisotopic (exact) mass is 310 g/mol. The van der Waals surface area contributed by atoms with Crippen molar-refractivity contribution in [2.24, 2.45) is 0 Å². The SMILES string of the molecule is CC1CCCC(C)N1C(=O)CCNC(=O)OCC(F)(F)F. The topological polar surface area (TPSA) is 58.6 Å². The number of carbonyl (C=O) groups excluding carboxylic acids is 2. The molecule has 1 saturated heterocycles. The first-order valence-corrected chi connectivity index (χ1v) is 6.99. The fourth-order valence-electron chi connectivity index (χ4n) is 2.51. The zero-order valence-electron chi connectivity index (χ0n) is 12.2. The lowest BCUT2D eigenvalue weighted by Gasteiger charge is -2.39. The van der Waals surface area contributed by atoms with Gasteiger partial charge in [-0.2, -0.15) is 13.2 Å². The number of nitrogens with one attached hydrogen (secondary N) is 1. The van der Waals surface area contributed by atoms with Crippen LogP contribution >= 0.6 is 0 Å². The van der Waals surface area contributed by atoms with Crippen molar-refractivity contribution in [1.29, 1.82) is 0 Å². The van der Waals surface area contributed by atoms with E-state index in [9.17, 15) is 22.8 Å². The van der Waals surface area contributed by atoms with Crippen LogP contribution in [0.3, 0.4) is 0 Å². The van der Waals surface area contributed by atoms with Gasteiger partial charge >= 0.3 is 12.3 Å². The summed E-state index contributed by atoms with van der Waals surface area (Å²) >= 11 is 0. The molecule has 1 aliphatic heterocycles. The second-order valence-corrected chi connectivity index (χ2v) is 5.30. The summed E-state index contributed by atoms with van der Waals surface area (Å²) in [7, 11) is 0. The molecule has 0 radical (unpaired) electrons. The molecule has 122 valence electrons. The third-order valence-electron chi connectivity index (χ3n) is 3.46. The molecule has 0 aromatic heterocycles. The molecule has 21 heavy (non-hydrogen) atoms. The van der Waals surface area contributed by atoms with Gasteiger partial charge in [0.2, 0.25) is 5.91 Å². The molecule has 1 heterocycles. The van der Waals surface area contributed by atoms with E-state index in [0.29, 0.717) is 0 Å². The number of alkyl halides is 3. The molecule has 1 rings (SSSR count). The molecule has 0 aliphatic carbocycles. The molecule has 0 spiro atoms. The van der Waals surface area contributed by atoms with E-state index in [1.54, 1.807) is 4.90 Å². The number of amides is 2. The van der Waals surface area contributed by atoms with Gasteiger partial charge in [-0.3, -0.25) is 4.79 Å². The van der Waals surface area contributed by atoms with Crippen molar-refractivity contribution < 1.29 is 27.5 Å². The van der Waals surface area contributed by atoms with Crippen LogP contribution in [-0.2, 0) is 9.53 Å². The van der Waals surface area contributed by atoms with Gasteiger partial charge in [-0.15, -0.1) is 0 Å². The Labute approximate surface area is 121 Å². The number of carbonyl (C=O) groups is 2. The highest BCUT2D eigenvalue weighted by Gasteiger charge is 2.30. The molecule has 0 aromatic carbocycles. The minimum atomic E-state index is -4.55. The molecule has 1 N–H and O–H groups in total. The van der Waals surface area contributed by atoms with Gasteiger partial charge in [0.15, 0.2) is 6.61 Å². The maximum absolute atomic E-state index is 12.1. The Morgan fingerprint density at radius 1 is 1.24 bits per heavy atom. The molecule has 1 aliphatic rings. The Hall–Kier alpha value is -1.47. The number of piperidine rings is 1. The van der Waals surface area contributed by atoms with Crippen LogP contribution in [0.1, 0.15) is 39.5 Å². The smallest absolute Gasteiger partial charge is 0.422 e. The van der Waals surface area contributed by atoms with E-state index in [1.165, 1.54) is 0 Å². The quantitative estimate of drug-likeness (QED) is 0.868. The molecule has 2 amide bonds. The van der Waals surface area contributed by atoms with Gasteiger partial charge in [-0.05, 0) is 33.1 Å². The van der Waals surface area contributed by atoms with E-state index in [2.05, 4.69) is 10.1 Å². The van der Waals surface area contributed by atoms with Crippen molar-refractivity contribution in [1.82, 2.24) is 10.2 Å². The van der Waals surface area contributed by atoms with Gasteiger partial charge in [0.1, 0.15) is 0 Å². The largest absolute Gasteiger partial charge is 0.440 e. The van der Waals surface area contributed by atoms with Crippen LogP contribution in [0.4, 0.5) is 18.0 Å². The van der Waals surface area contributed by atoms with Crippen molar-refractivity contribution in [2.75, 3.05) is 13.2 Å².